The number of amides is 1. The Balaban J connectivity index is 1.31. The molecular formula is C24H30N4O2. The van der Waals surface area contributed by atoms with Crippen molar-refractivity contribution in [2.24, 2.45) is 0 Å². The van der Waals surface area contributed by atoms with Crippen LogP contribution in [-0.2, 0) is 17.8 Å². The molecule has 0 radical (unpaired) electrons. The number of carbonyl (C=O) groups is 1. The Kier molecular flexibility index (Phi) is 6.16. The number of benzene rings is 2. The van der Waals surface area contributed by atoms with Crippen molar-refractivity contribution in [2.45, 2.75) is 46.1 Å². The largest absolute Gasteiger partial charge is 0.373 e. The maximum Gasteiger partial charge on any atom is 0.251 e. The first kappa shape index (κ1) is 20.6. The number of morpholine rings is 1. The molecule has 2 unspecified atom stereocenters. The predicted octanol–water partition coefficient (Wildman–Crippen LogP) is 3.38. The zero-order valence-electron chi connectivity index (χ0n) is 18.0. The number of rotatable bonds is 6. The molecule has 6 heteroatoms. The van der Waals surface area contributed by atoms with Crippen molar-refractivity contribution in [3.8, 4) is 0 Å². The third-order valence-electron chi connectivity index (χ3n) is 5.58. The minimum Gasteiger partial charge on any atom is -0.373 e. The third-order valence-corrected chi connectivity index (χ3v) is 5.58. The molecule has 1 amide bonds. The van der Waals surface area contributed by atoms with E-state index < -0.39 is 0 Å². The lowest BCUT2D eigenvalue weighted by Gasteiger charge is -2.35. The summed E-state index contributed by atoms with van der Waals surface area (Å²) >= 11 is 0. The van der Waals surface area contributed by atoms with Crippen molar-refractivity contribution in [1.29, 1.82) is 0 Å². The Bertz CT molecular complexity index is 1000. The molecule has 1 N–H and O–H groups in total. The van der Waals surface area contributed by atoms with Crippen LogP contribution in [0.5, 0.6) is 0 Å². The van der Waals surface area contributed by atoms with Gasteiger partial charge >= 0.3 is 0 Å². The maximum atomic E-state index is 12.5. The maximum absolute atomic E-state index is 12.5. The van der Waals surface area contributed by atoms with E-state index >= 15 is 0 Å². The standard InChI is InChI=1S/C24H30N4O2/c1-17-14-27(15-18(2)30-17)16-20-8-10-21(11-9-20)24(29)25-12-13-28-19(3)26-22-6-4-5-7-23(22)28/h4-11,17-18H,12-16H2,1-3H3,(H,25,29). The van der Waals surface area contributed by atoms with E-state index in [1.807, 2.05) is 49.4 Å². The number of ether oxygens (including phenoxy) is 1. The van der Waals surface area contributed by atoms with Crippen LogP contribution in [0.4, 0.5) is 0 Å². The van der Waals surface area contributed by atoms with E-state index in [4.69, 9.17) is 4.74 Å². The van der Waals surface area contributed by atoms with Gasteiger partial charge in [0.15, 0.2) is 0 Å². The summed E-state index contributed by atoms with van der Waals surface area (Å²) in [4.78, 5) is 19.5. The monoisotopic (exact) mass is 406 g/mol. The van der Waals surface area contributed by atoms with E-state index in [0.717, 1.165) is 36.5 Å². The average Bonchev–Trinajstić information content (AvgIpc) is 3.03. The lowest BCUT2D eigenvalue weighted by Crippen LogP contribution is -2.44. The van der Waals surface area contributed by atoms with E-state index in [-0.39, 0.29) is 18.1 Å². The number of nitrogens with one attached hydrogen (secondary N) is 1. The zero-order valence-corrected chi connectivity index (χ0v) is 18.0. The van der Waals surface area contributed by atoms with Gasteiger partial charge in [0.25, 0.3) is 5.91 Å². The fourth-order valence-corrected chi connectivity index (χ4v) is 4.29. The fourth-order valence-electron chi connectivity index (χ4n) is 4.29. The first-order valence-corrected chi connectivity index (χ1v) is 10.7. The molecule has 158 valence electrons. The van der Waals surface area contributed by atoms with E-state index in [2.05, 4.69) is 39.7 Å². The number of hydrogen-bond donors (Lipinski definition) is 1. The second kappa shape index (κ2) is 8.98. The van der Waals surface area contributed by atoms with E-state index in [1.54, 1.807) is 0 Å². The molecule has 0 bridgehead atoms. The average molecular weight is 407 g/mol. The molecule has 6 nitrogen and oxygen atoms in total. The summed E-state index contributed by atoms with van der Waals surface area (Å²) in [5.74, 6) is 0.916. The van der Waals surface area contributed by atoms with Crippen LogP contribution < -0.4 is 5.32 Å². The summed E-state index contributed by atoms with van der Waals surface area (Å²) < 4.78 is 7.94. The number of carbonyl (C=O) groups excluding carboxylic acids is 1. The topological polar surface area (TPSA) is 59.4 Å². The molecule has 0 spiro atoms. The van der Waals surface area contributed by atoms with Gasteiger partial charge in [0.1, 0.15) is 5.82 Å². The Morgan fingerprint density at radius 3 is 2.53 bits per heavy atom. The van der Waals surface area contributed by atoms with E-state index in [1.165, 1.54) is 5.56 Å². The first-order chi connectivity index (χ1) is 14.5. The van der Waals surface area contributed by atoms with Gasteiger partial charge in [-0.05, 0) is 50.6 Å². The summed E-state index contributed by atoms with van der Waals surface area (Å²) in [5.41, 5.74) is 3.99. The number of hydrogen-bond acceptors (Lipinski definition) is 4. The third kappa shape index (κ3) is 4.71. The molecule has 30 heavy (non-hydrogen) atoms. The quantitative estimate of drug-likeness (QED) is 0.682. The van der Waals surface area contributed by atoms with Gasteiger partial charge in [-0.2, -0.15) is 0 Å². The van der Waals surface area contributed by atoms with Gasteiger partial charge in [0.05, 0.1) is 23.2 Å². The Morgan fingerprint density at radius 1 is 1.10 bits per heavy atom. The van der Waals surface area contributed by atoms with Crippen LogP contribution in [0.25, 0.3) is 11.0 Å². The molecule has 4 rings (SSSR count). The molecule has 0 saturated carbocycles. The summed E-state index contributed by atoms with van der Waals surface area (Å²) in [5, 5.41) is 3.03. The molecule has 1 aromatic heterocycles. The summed E-state index contributed by atoms with van der Waals surface area (Å²) in [6, 6.07) is 16.0. The van der Waals surface area contributed by atoms with Gasteiger partial charge in [0.2, 0.25) is 0 Å². The molecule has 2 atom stereocenters. The highest BCUT2D eigenvalue weighted by Crippen LogP contribution is 2.16. The van der Waals surface area contributed by atoms with Gasteiger partial charge in [-0.1, -0.05) is 24.3 Å². The predicted molar refractivity (Wildman–Crippen MR) is 119 cm³/mol. The van der Waals surface area contributed by atoms with Crippen LogP contribution >= 0.6 is 0 Å². The number of nitrogens with zero attached hydrogens (tertiary/aromatic N) is 3. The number of aryl methyl sites for hydroxylation is 1. The molecule has 1 saturated heterocycles. The summed E-state index contributed by atoms with van der Waals surface area (Å²) in [6.45, 7) is 10.2. The normalized spacial score (nSPS) is 19.8. The van der Waals surface area contributed by atoms with Gasteiger partial charge in [-0.25, -0.2) is 4.98 Å². The fraction of sp³-hybridized carbons (Fsp3) is 0.417. The molecule has 1 aliphatic rings. The van der Waals surface area contributed by atoms with Gasteiger partial charge in [-0.15, -0.1) is 0 Å². The molecule has 0 aliphatic carbocycles. The Hall–Kier alpha value is -2.70. The molecule has 2 heterocycles. The van der Waals surface area contributed by atoms with Gasteiger partial charge < -0.3 is 14.6 Å². The smallest absolute Gasteiger partial charge is 0.251 e. The van der Waals surface area contributed by atoms with Gasteiger partial charge in [-0.3, -0.25) is 9.69 Å². The molecule has 1 aliphatic heterocycles. The van der Waals surface area contributed by atoms with Crippen molar-refractivity contribution < 1.29 is 9.53 Å². The summed E-state index contributed by atoms with van der Waals surface area (Å²) in [7, 11) is 0. The highest BCUT2D eigenvalue weighted by atomic mass is 16.5. The van der Waals surface area contributed by atoms with Crippen LogP contribution in [0, 0.1) is 6.92 Å². The van der Waals surface area contributed by atoms with Crippen molar-refractivity contribution in [1.82, 2.24) is 19.8 Å². The number of imidazole rings is 1. The SMILES string of the molecule is Cc1nc2ccccc2n1CCNC(=O)c1ccc(CN2CC(C)OC(C)C2)cc1. The van der Waals surface area contributed by atoms with Crippen LogP contribution in [0.1, 0.15) is 35.6 Å². The van der Waals surface area contributed by atoms with Crippen LogP contribution in [0.2, 0.25) is 0 Å². The molecule has 3 aromatic rings. The molecular weight excluding hydrogens is 376 g/mol. The lowest BCUT2D eigenvalue weighted by molar-refractivity contribution is -0.0704. The van der Waals surface area contributed by atoms with Crippen molar-refractivity contribution in [2.75, 3.05) is 19.6 Å². The minimum atomic E-state index is -0.0442. The molecule has 2 aromatic carbocycles. The van der Waals surface area contributed by atoms with Gasteiger partial charge in [0, 0.05) is 38.3 Å². The van der Waals surface area contributed by atoms with Crippen molar-refractivity contribution in [3.63, 3.8) is 0 Å². The number of aromatic nitrogens is 2. The second-order valence-electron chi connectivity index (χ2n) is 8.20. The summed E-state index contributed by atoms with van der Waals surface area (Å²) in [6.07, 6.45) is 0.519. The van der Waals surface area contributed by atoms with E-state index in [9.17, 15) is 4.79 Å². The molecule has 1 fully saturated rings. The van der Waals surface area contributed by atoms with Crippen LogP contribution in [0.3, 0.4) is 0 Å². The lowest BCUT2D eigenvalue weighted by atomic mass is 10.1. The minimum absolute atomic E-state index is 0.0442. The van der Waals surface area contributed by atoms with Crippen molar-refractivity contribution >= 4 is 16.9 Å². The highest BCUT2D eigenvalue weighted by Gasteiger charge is 2.22. The number of para-hydroxylation sites is 2. The van der Waals surface area contributed by atoms with Crippen molar-refractivity contribution in [3.05, 3.63) is 65.5 Å². The number of fused-ring (bicyclic) bond motifs is 1. The second-order valence-corrected chi connectivity index (χ2v) is 8.20. The van der Waals surface area contributed by atoms with Crippen LogP contribution in [0.15, 0.2) is 48.5 Å². The highest BCUT2D eigenvalue weighted by molar-refractivity contribution is 5.94. The first-order valence-electron chi connectivity index (χ1n) is 10.7. The Labute approximate surface area is 177 Å². The zero-order chi connectivity index (χ0) is 21.1. The van der Waals surface area contributed by atoms with Crippen LogP contribution in [-0.4, -0.2) is 52.2 Å². The van der Waals surface area contributed by atoms with E-state index in [0.29, 0.717) is 18.7 Å². The Morgan fingerprint density at radius 2 is 1.80 bits per heavy atom.